The molecule has 13 heavy (non-hydrogen) atoms. The van der Waals surface area contributed by atoms with E-state index in [1.807, 2.05) is 0 Å². The Kier molecular flexibility index (Phi) is 2.94. The lowest BCUT2D eigenvalue weighted by atomic mass is 10.4. The molecule has 0 atom stereocenters. The lowest BCUT2D eigenvalue weighted by Crippen LogP contribution is -2.36. The third-order valence-electron chi connectivity index (χ3n) is 1.93. The van der Waals surface area contributed by atoms with Gasteiger partial charge >= 0.3 is 0 Å². The molecule has 0 spiro atoms. The van der Waals surface area contributed by atoms with Gasteiger partial charge in [0.05, 0.1) is 25.6 Å². The molecule has 0 bridgehead atoms. The van der Waals surface area contributed by atoms with E-state index >= 15 is 0 Å². The van der Waals surface area contributed by atoms with E-state index in [1.165, 1.54) is 0 Å². The van der Waals surface area contributed by atoms with E-state index in [4.69, 9.17) is 4.74 Å². The predicted molar refractivity (Wildman–Crippen MR) is 57.8 cm³/mol. The van der Waals surface area contributed by atoms with Crippen molar-refractivity contribution in [2.24, 2.45) is 0 Å². The number of rotatable bonds is 1. The van der Waals surface area contributed by atoms with Crippen LogP contribution in [0.5, 0.6) is 0 Å². The van der Waals surface area contributed by atoms with Crippen molar-refractivity contribution in [2.75, 3.05) is 31.2 Å². The van der Waals surface area contributed by atoms with Gasteiger partial charge in [0, 0.05) is 13.1 Å². The summed E-state index contributed by atoms with van der Waals surface area (Å²) in [5, 5.41) is 0. The topological polar surface area (TPSA) is 38.2 Å². The molecule has 2 rings (SSSR count). The van der Waals surface area contributed by atoms with E-state index in [9.17, 15) is 0 Å². The van der Waals surface area contributed by atoms with E-state index in [1.54, 1.807) is 12.4 Å². The third kappa shape index (κ3) is 2.28. The Bertz CT molecular complexity index is 288. The largest absolute Gasteiger partial charge is 0.378 e. The van der Waals surface area contributed by atoms with Crippen molar-refractivity contribution < 1.29 is 4.74 Å². The van der Waals surface area contributed by atoms with Gasteiger partial charge in [-0.05, 0) is 22.6 Å². The number of halogens is 1. The van der Waals surface area contributed by atoms with Crippen molar-refractivity contribution in [2.45, 2.75) is 0 Å². The van der Waals surface area contributed by atoms with Crippen molar-refractivity contribution in [3.05, 3.63) is 16.1 Å². The number of ether oxygens (including phenoxy) is 1. The molecule has 0 amide bonds. The van der Waals surface area contributed by atoms with Crippen LogP contribution in [0.2, 0.25) is 0 Å². The standard InChI is InChI=1S/C8H10IN3O/c9-7-5-10-6-8(11-7)12-1-3-13-4-2-12/h5-6H,1-4H2. The number of anilines is 1. The fourth-order valence-electron chi connectivity index (χ4n) is 1.28. The highest BCUT2D eigenvalue weighted by Crippen LogP contribution is 2.12. The molecule has 1 aliphatic rings. The molecule has 0 aromatic carbocycles. The van der Waals surface area contributed by atoms with Crippen molar-refractivity contribution in [3.8, 4) is 0 Å². The SMILES string of the molecule is Ic1cncc(N2CCOCC2)n1. The monoisotopic (exact) mass is 291 g/mol. The molecule has 1 fully saturated rings. The lowest BCUT2D eigenvalue weighted by molar-refractivity contribution is 0.122. The zero-order valence-electron chi connectivity index (χ0n) is 7.11. The Hall–Kier alpha value is -0.430. The van der Waals surface area contributed by atoms with Gasteiger partial charge in [-0.25, -0.2) is 4.98 Å². The van der Waals surface area contributed by atoms with Crippen LogP contribution < -0.4 is 4.90 Å². The van der Waals surface area contributed by atoms with Gasteiger partial charge in [-0.15, -0.1) is 0 Å². The maximum absolute atomic E-state index is 5.26. The quantitative estimate of drug-likeness (QED) is 0.721. The van der Waals surface area contributed by atoms with Gasteiger partial charge in [0.15, 0.2) is 0 Å². The fraction of sp³-hybridized carbons (Fsp3) is 0.500. The fourth-order valence-corrected chi connectivity index (χ4v) is 1.69. The molecule has 0 saturated carbocycles. The number of hydrogen-bond acceptors (Lipinski definition) is 4. The van der Waals surface area contributed by atoms with Crippen molar-refractivity contribution in [3.63, 3.8) is 0 Å². The molecule has 70 valence electrons. The van der Waals surface area contributed by atoms with Crippen LogP contribution in [0, 0.1) is 3.70 Å². The third-order valence-corrected chi connectivity index (χ3v) is 2.45. The van der Waals surface area contributed by atoms with Crippen LogP contribution in [-0.4, -0.2) is 36.3 Å². The van der Waals surface area contributed by atoms with Crippen molar-refractivity contribution in [1.82, 2.24) is 9.97 Å². The average Bonchev–Trinajstić information content (AvgIpc) is 2.19. The predicted octanol–water partition coefficient (Wildman–Crippen LogP) is 0.918. The van der Waals surface area contributed by atoms with Gasteiger partial charge in [0.2, 0.25) is 0 Å². The first-order valence-corrected chi connectivity index (χ1v) is 5.24. The molecule has 0 N–H and O–H groups in total. The van der Waals surface area contributed by atoms with Gasteiger partial charge in [-0.3, -0.25) is 4.98 Å². The minimum Gasteiger partial charge on any atom is -0.378 e. The minimum atomic E-state index is 0.785. The number of nitrogens with zero attached hydrogens (tertiary/aromatic N) is 3. The Morgan fingerprint density at radius 1 is 1.31 bits per heavy atom. The summed E-state index contributed by atoms with van der Waals surface area (Å²) < 4.78 is 6.19. The second-order valence-corrected chi connectivity index (χ2v) is 3.90. The van der Waals surface area contributed by atoms with E-state index in [0.29, 0.717) is 0 Å². The molecule has 1 aliphatic heterocycles. The molecular weight excluding hydrogens is 281 g/mol. The number of morpholine rings is 1. The van der Waals surface area contributed by atoms with Crippen molar-refractivity contribution in [1.29, 1.82) is 0 Å². The van der Waals surface area contributed by atoms with E-state index < -0.39 is 0 Å². The summed E-state index contributed by atoms with van der Waals surface area (Å²) in [5.41, 5.74) is 0. The van der Waals surface area contributed by atoms with Gasteiger partial charge in [-0.1, -0.05) is 0 Å². The summed E-state index contributed by atoms with van der Waals surface area (Å²) in [6.45, 7) is 3.39. The second kappa shape index (κ2) is 4.19. The lowest BCUT2D eigenvalue weighted by Gasteiger charge is -2.27. The van der Waals surface area contributed by atoms with Crippen LogP contribution in [-0.2, 0) is 4.74 Å². The van der Waals surface area contributed by atoms with Gasteiger partial charge in [0.1, 0.15) is 9.52 Å². The molecule has 5 heteroatoms. The van der Waals surface area contributed by atoms with Crippen LogP contribution in [0.1, 0.15) is 0 Å². The van der Waals surface area contributed by atoms with Crippen molar-refractivity contribution >= 4 is 28.4 Å². The zero-order chi connectivity index (χ0) is 9.10. The normalized spacial score (nSPS) is 17.5. The number of hydrogen-bond donors (Lipinski definition) is 0. The van der Waals surface area contributed by atoms with Gasteiger partial charge in [-0.2, -0.15) is 0 Å². The summed E-state index contributed by atoms with van der Waals surface area (Å²) in [6.07, 6.45) is 3.55. The summed E-state index contributed by atoms with van der Waals surface area (Å²) in [7, 11) is 0. The highest BCUT2D eigenvalue weighted by molar-refractivity contribution is 14.1. The summed E-state index contributed by atoms with van der Waals surface area (Å²) in [5.74, 6) is 0.954. The molecule has 2 heterocycles. The molecule has 0 aliphatic carbocycles. The van der Waals surface area contributed by atoms with Crippen LogP contribution in [0.15, 0.2) is 12.4 Å². The highest BCUT2D eigenvalue weighted by Gasteiger charge is 2.12. The molecule has 1 saturated heterocycles. The first-order valence-electron chi connectivity index (χ1n) is 4.16. The Balaban J connectivity index is 2.14. The number of aromatic nitrogens is 2. The van der Waals surface area contributed by atoms with Crippen LogP contribution in [0.4, 0.5) is 5.82 Å². The Morgan fingerprint density at radius 3 is 2.77 bits per heavy atom. The Labute approximate surface area is 90.5 Å². The first kappa shape index (κ1) is 9.14. The first-order chi connectivity index (χ1) is 6.36. The molecule has 0 radical (unpaired) electrons. The minimum absolute atomic E-state index is 0.785. The van der Waals surface area contributed by atoms with E-state index in [2.05, 4.69) is 37.5 Å². The molecular formula is C8H10IN3O. The van der Waals surface area contributed by atoms with E-state index in [-0.39, 0.29) is 0 Å². The second-order valence-electron chi connectivity index (χ2n) is 2.80. The summed E-state index contributed by atoms with van der Waals surface area (Å²) in [6, 6.07) is 0. The van der Waals surface area contributed by atoms with Gasteiger partial charge < -0.3 is 9.64 Å². The zero-order valence-corrected chi connectivity index (χ0v) is 9.27. The van der Waals surface area contributed by atoms with Crippen LogP contribution >= 0.6 is 22.6 Å². The van der Waals surface area contributed by atoms with E-state index in [0.717, 1.165) is 35.8 Å². The summed E-state index contributed by atoms with van der Waals surface area (Å²) in [4.78, 5) is 10.7. The maximum Gasteiger partial charge on any atom is 0.148 e. The molecule has 1 aromatic rings. The van der Waals surface area contributed by atoms with Crippen LogP contribution in [0.25, 0.3) is 0 Å². The van der Waals surface area contributed by atoms with Crippen LogP contribution in [0.3, 0.4) is 0 Å². The van der Waals surface area contributed by atoms with Gasteiger partial charge in [0.25, 0.3) is 0 Å². The summed E-state index contributed by atoms with van der Waals surface area (Å²) >= 11 is 2.17. The molecule has 1 aromatic heterocycles. The smallest absolute Gasteiger partial charge is 0.148 e. The highest BCUT2D eigenvalue weighted by atomic mass is 127. The average molecular weight is 291 g/mol. The molecule has 0 unspecified atom stereocenters. The maximum atomic E-state index is 5.26. The Morgan fingerprint density at radius 2 is 2.08 bits per heavy atom. The molecule has 4 nitrogen and oxygen atoms in total.